The molecule has 1 aromatic carbocycles. The molecule has 0 saturated carbocycles. The minimum Gasteiger partial charge on any atom is -0.356 e. The van der Waals surface area contributed by atoms with Gasteiger partial charge >= 0.3 is 0 Å². The lowest BCUT2D eigenvalue weighted by atomic mass is 10.1. The van der Waals surface area contributed by atoms with Crippen molar-refractivity contribution in [2.45, 2.75) is 13.0 Å². The lowest BCUT2D eigenvalue weighted by Gasteiger charge is -1.95. The number of aromatic nitrogens is 1. The van der Waals surface area contributed by atoms with Crippen molar-refractivity contribution in [3.63, 3.8) is 0 Å². The SMILES string of the molecule is C[C@@H](N)c1cc(-c2cccc(Cl)c2)on1. The summed E-state index contributed by atoms with van der Waals surface area (Å²) >= 11 is 5.88. The Hall–Kier alpha value is -1.32. The van der Waals surface area contributed by atoms with Crippen molar-refractivity contribution in [2.75, 3.05) is 0 Å². The molecule has 1 aromatic heterocycles. The average molecular weight is 223 g/mol. The van der Waals surface area contributed by atoms with Crippen molar-refractivity contribution in [1.82, 2.24) is 5.16 Å². The fourth-order valence-corrected chi connectivity index (χ4v) is 1.47. The molecule has 0 radical (unpaired) electrons. The van der Waals surface area contributed by atoms with E-state index in [9.17, 15) is 0 Å². The molecule has 3 nitrogen and oxygen atoms in total. The first-order chi connectivity index (χ1) is 7.16. The van der Waals surface area contributed by atoms with Crippen LogP contribution in [-0.4, -0.2) is 5.16 Å². The number of rotatable bonds is 2. The van der Waals surface area contributed by atoms with Crippen molar-refractivity contribution < 1.29 is 4.52 Å². The fraction of sp³-hybridized carbons (Fsp3) is 0.182. The molecule has 0 fully saturated rings. The topological polar surface area (TPSA) is 52.0 Å². The van der Waals surface area contributed by atoms with Gasteiger partial charge in [0.15, 0.2) is 5.76 Å². The van der Waals surface area contributed by atoms with Crippen LogP contribution >= 0.6 is 11.6 Å². The number of nitrogens with zero attached hydrogens (tertiary/aromatic N) is 1. The van der Waals surface area contributed by atoms with Gasteiger partial charge in [-0.2, -0.15) is 0 Å². The largest absolute Gasteiger partial charge is 0.356 e. The Morgan fingerprint density at radius 1 is 1.40 bits per heavy atom. The number of hydrogen-bond acceptors (Lipinski definition) is 3. The Labute approximate surface area is 92.8 Å². The Morgan fingerprint density at radius 2 is 2.20 bits per heavy atom. The maximum Gasteiger partial charge on any atom is 0.167 e. The van der Waals surface area contributed by atoms with Crippen molar-refractivity contribution in [1.29, 1.82) is 0 Å². The number of hydrogen-bond donors (Lipinski definition) is 1. The van der Waals surface area contributed by atoms with Crippen LogP contribution in [0.1, 0.15) is 18.7 Å². The molecule has 0 aliphatic heterocycles. The third-order valence-corrected chi connectivity index (χ3v) is 2.34. The zero-order valence-electron chi connectivity index (χ0n) is 8.27. The zero-order chi connectivity index (χ0) is 10.8. The summed E-state index contributed by atoms with van der Waals surface area (Å²) in [5.74, 6) is 0.685. The molecule has 2 aromatic rings. The van der Waals surface area contributed by atoms with Gasteiger partial charge in [-0.25, -0.2) is 0 Å². The molecule has 4 heteroatoms. The van der Waals surface area contributed by atoms with Crippen LogP contribution in [0.15, 0.2) is 34.9 Å². The smallest absolute Gasteiger partial charge is 0.167 e. The first-order valence-electron chi connectivity index (χ1n) is 4.65. The Kier molecular flexibility index (Phi) is 2.75. The van der Waals surface area contributed by atoms with Crippen LogP contribution in [0.4, 0.5) is 0 Å². The average Bonchev–Trinajstić information content (AvgIpc) is 2.66. The van der Waals surface area contributed by atoms with Gasteiger partial charge in [0.2, 0.25) is 0 Å². The maximum atomic E-state index is 5.88. The maximum absolute atomic E-state index is 5.88. The summed E-state index contributed by atoms with van der Waals surface area (Å²) in [6.45, 7) is 1.86. The monoisotopic (exact) mass is 222 g/mol. The van der Waals surface area contributed by atoms with E-state index >= 15 is 0 Å². The first kappa shape index (κ1) is 10.2. The summed E-state index contributed by atoms with van der Waals surface area (Å²) in [7, 11) is 0. The van der Waals surface area contributed by atoms with Crippen molar-refractivity contribution in [2.24, 2.45) is 5.73 Å². The van der Waals surface area contributed by atoms with E-state index in [4.69, 9.17) is 21.9 Å². The van der Waals surface area contributed by atoms with Crippen molar-refractivity contribution in [3.8, 4) is 11.3 Å². The van der Waals surface area contributed by atoms with E-state index in [0.717, 1.165) is 11.3 Å². The first-order valence-corrected chi connectivity index (χ1v) is 5.03. The summed E-state index contributed by atoms with van der Waals surface area (Å²) in [4.78, 5) is 0. The highest BCUT2D eigenvalue weighted by Gasteiger charge is 2.09. The molecular weight excluding hydrogens is 212 g/mol. The predicted octanol–water partition coefficient (Wildman–Crippen LogP) is 3.01. The highest BCUT2D eigenvalue weighted by molar-refractivity contribution is 6.30. The highest BCUT2D eigenvalue weighted by atomic mass is 35.5. The van der Waals surface area contributed by atoms with Crippen LogP contribution in [0.3, 0.4) is 0 Å². The van der Waals surface area contributed by atoms with E-state index in [1.807, 2.05) is 37.3 Å². The molecule has 1 heterocycles. The molecule has 0 amide bonds. The predicted molar refractivity (Wildman–Crippen MR) is 59.6 cm³/mol. The molecule has 0 spiro atoms. The van der Waals surface area contributed by atoms with E-state index in [-0.39, 0.29) is 6.04 Å². The van der Waals surface area contributed by atoms with Crippen LogP contribution in [0, 0.1) is 0 Å². The summed E-state index contributed by atoms with van der Waals surface area (Å²) in [6, 6.07) is 9.13. The molecule has 0 unspecified atom stereocenters. The van der Waals surface area contributed by atoms with Crippen LogP contribution in [-0.2, 0) is 0 Å². The van der Waals surface area contributed by atoms with Crippen molar-refractivity contribution in [3.05, 3.63) is 41.0 Å². The molecule has 0 aliphatic carbocycles. The quantitative estimate of drug-likeness (QED) is 0.850. The summed E-state index contributed by atoms with van der Waals surface area (Å²) in [6.07, 6.45) is 0. The molecule has 78 valence electrons. The zero-order valence-corrected chi connectivity index (χ0v) is 9.03. The summed E-state index contributed by atoms with van der Waals surface area (Å²) < 4.78 is 5.18. The highest BCUT2D eigenvalue weighted by Crippen LogP contribution is 2.24. The van der Waals surface area contributed by atoms with Gasteiger partial charge in [0.25, 0.3) is 0 Å². The normalized spacial score (nSPS) is 12.7. The van der Waals surface area contributed by atoms with Gasteiger partial charge in [0.1, 0.15) is 5.69 Å². The van der Waals surface area contributed by atoms with Gasteiger partial charge in [-0.1, -0.05) is 28.9 Å². The van der Waals surface area contributed by atoms with Crippen LogP contribution < -0.4 is 5.73 Å². The van der Waals surface area contributed by atoms with Gasteiger partial charge in [0.05, 0.1) is 0 Å². The van der Waals surface area contributed by atoms with Gasteiger partial charge in [0, 0.05) is 22.7 Å². The lowest BCUT2D eigenvalue weighted by molar-refractivity contribution is 0.419. The van der Waals surface area contributed by atoms with Gasteiger partial charge < -0.3 is 10.3 Å². The van der Waals surface area contributed by atoms with Crippen LogP contribution in [0.5, 0.6) is 0 Å². The van der Waals surface area contributed by atoms with Crippen LogP contribution in [0.25, 0.3) is 11.3 Å². The molecule has 1 atom stereocenters. The van der Waals surface area contributed by atoms with E-state index < -0.39 is 0 Å². The number of benzene rings is 1. The number of halogens is 1. The minimum absolute atomic E-state index is 0.123. The second-order valence-corrected chi connectivity index (χ2v) is 3.85. The standard InChI is InChI=1S/C11H11ClN2O/c1-7(13)10-6-11(15-14-10)8-3-2-4-9(12)5-8/h2-7H,13H2,1H3/t7-/m1/s1. The molecule has 0 aliphatic rings. The van der Waals surface area contributed by atoms with Crippen LogP contribution in [0.2, 0.25) is 5.02 Å². The molecule has 15 heavy (non-hydrogen) atoms. The third kappa shape index (κ3) is 2.19. The second kappa shape index (κ2) is 4.04. The lowest BCUT2D eigenvalue weighted by Crippen LogP contribution is -2.04. The number of nitrogens with two attached hydrogens (primary N) is 1. The second-order valence-electron chi connectivity index (χ2n) is 3.42. The molecule has 0 saturated heterocycles. The van der Waals surface area contributed by atoms with Crippen molar-refractivity contribution >= 4 is 11.6 Å². The Bertz CT molecular complexity index is 465. The van der Waals surface area contributed by atoms with E-state index in [1.165, 1.54) is 0 Å². The minimum atomic E-state index is -0.123. The van der Waals surface area contributed by atoms with E-state index in [2.05, 4.69) is 5.16 Å². The third-order valence-electron chi connectivity index (χ3n) is 2.10. The molecule has 2 N–H and O–H groups in total. The summed E-state index contributed by atoms with van der Waals surface area (Å²) in [5.41, 5.74) is 7.33. The Morgan fingerprint density at radius 3 is 2.80 bits per heavy atom. The molecule has 0 bridgehead atoms. The van der Waals surface area contributed by atoms with E-state index in [0.29, 0.717) is 10.8 Å². The molecular formula is C11H11ClN2O. The van der Waals surface area contributed by atoms with E-state index in [1.54, 1.807) is 0 Å². The van der Waals surface area contributed by atoms with Gasteiger partial charge in [-0.3, -0.25) is 0 Å². The summed E-state index contributed by atoms with van der Waals surface area (Å²) in [5, 5.41) is 4.55. The molecule has 2 rings (SSSR count). The fourth-order valence-electron chi connectivity index (χ4n) is 1.28. The Balaban J connectivity index is 2.37. The van der Waals surface area contributed by atoms with Gasteiger partial charge in [-0.15, -0.1) is 0 Å². The van der Waals surface area contributed by atoms with Gasteiger partial charge in [-0.05, 0) is 19.1 Å².